The van der Waals surface area contributed by atoms with Gasteiger partial charge >= 0.3 is 0 Å². The Morgan fingerprint density at radius 3 is 2.28 bits per heavy atom. The van der Waals surface area contributed by atoms with Crippen molar-refractivity contribution in [2.24, 2.45) is 0 Å². The van der Waals surface area contributed by atoms with Crippen molar-refractivity contribution in [2.45, 2.75) is 6.54 Å². The van der Waals surface area contributed by atoms with Crippen molar-refractivity contribution in [3.05, 3.63) is 101 Å². The Hall–Kier alpha value is -4.00. The predicted octanol–water partition coefficient (Wildman–Crippen LogP) is 2.80. The van der Waals surface area contributed by atoms with Crippen LogP contribution in [0.15, 0.2) is 83.9 Å². The smallest absolute Gasteiger partial charge is 0.294 e. The van der Waals surface area contributed by atoms with E-state index in [1.54, 1.807) is 29.1 Å². The monoisotopic (exact) mass is 425 g/mol. The highest BCUT2D eigenvalue weighted by atomic mass is 16.2. The first-order valence-electron chi connectivity index (χ1n) is 10.7. The van der Waals surface area contributed by atoms with Crippen LogP contribution in [0.25, 0.3) is 11.0 Å². The van der Waals surface area contributed by atoms with Crippen LogP contribution in [0.1, 0.15) is 15.9 Å². The number of nitrogens with zero attached hydrogens (tertiary/aromatic N) is 5. The van der Waals surface area contributed by atoms with Crippen molar-refractivity contribution >= 4 is 22.8 Å². The van der Waals surface area contributed by atoms with Crippen molar-refractivity contribution in [1.82, 2.24) is 19.4 Å². The summed E-state index contributed by atoms with van der Waals surface area (Å²) in [7, 11) is 0. The fourth-order valence-corrected chi connectivity index (χ4v) is 4.11. The second-order valence-electron chi connectivity index (χ2n) is 7.82. The molecule has 1 aliphatic heterocycles. The molecule has 0 saturated carbocycles. The molecule has 1 saturated heterocycles. The second-order valence-corrected chi connectivity index (χ2v) is 7.82. The molecule has 2 aromatic heterocycles. The average molecular weight is 425 g/mol. The lowest BCUT2D eigenvalue weighted by Gasteiger charge is -2.35. The highest BCUT2D eigenvalue weighted by molar-refractivity contribution is 5.94. The van der Waals surface area contributed by atoms with Crippen molar-refractivity contribution in [1.29, 1.82) is 0 Å². The van der Waals surface area contributed by atoms with E-state index < -0.39 is 0 Å². The minimum absolute atomic E-state index is 0.0139. The molecule has 3 heterocycles. The Bertz CT molecular complexity index is 1300. The van der Waals surface area contributed by atoms with Gasteiger partial charge < -0.3 is 9.80 Å². The van der Waals surface area contributed by atoms with Crippen LogP contribution < -0.4 is 10.5 Å². The SMILES string of the molecule is O=C(c1ccncc1)N1CCN(c2nc3ccccc3n(Cc3ccccc3)c2=O)CC1. The number of fused-ring (bicyclic) bond motifs is 1. The number of piperazine rings is 1. The molecule has 0 bridgehead atoms. The van der Waals surface area contributed by atoms with Crippen LogP contribution in [-0.4, -0.2) is 51.5 Å². The molecule has 1 fully saturated rings. The molecule has 0 spiro atoms. The van der Waals surface area contributed by atoms with Crippen LogP contribution in [-0.2, 0) is 6.54 Å². The number of anilines is 1. The maximum absolute atomic E-state index is 13.5. The number of rotatable bonds is 4. The number of hydrogen-bond donors (Lipinski definition) is 0. The molecule has 7 nitrogen and oxygen atoms in total. The number of hydrogen-bond acceptors (Lipinski definition) is 5. The first-order valence-corrected chi connectivity index (χ1v) is 10.7. The Morgan fingerprint density at radius 1 is 0.844 bits per heavy atom. The van der Waals surface area contributed by atoms with Crippen molar-refractivity contribution in [3.63, 3.8) is 0 Å². The zero-order valence-corrected chi connectivity index (χ0v) is 17.6. The molecular formula is C25H23N5O2. The summed E-state index contributed by atoms with van der Waals surface area (Å²) >= 11 is 0. The summed E-state index contributed by atoms with van der Waals surface area (Å²) in [6, 6.07) is 21.1. The number of amides is 1. The second kappa shape index (κ2) is 8.63. The standard InChI is InChI=1S/C25H23N5O2/c31-24(20-10-12-26-13-11-20)29-16-14-28(15-17-29)23-25(32)30(18-19-6-2-1-3-7-19)22-9-5-4-8-21(22)27-23/h1-13H,14-18H2. The van der Waals surface area contributed by atoms with Gasteiger partial charge in [0, 0.05) is 44.1 Å². The summed E-state index contributed by atoms with van der Waals surface area (Å²) < 4.78 is 1.79. The maximum Gasteiger partial charge on any atom is 0.294 e. The van der Waals surface area contributed by atoms with E-state index in [4.69, 9.17) is 4.98 Å². The zero-order valence-electron chi connectivity index (χ0n) is 17.6. The number of carbonyl (C=O) groups excluding carboxylic acids is 1. The Morgan fingerprint density at radius 2 is 1.53 bits per heavy atom. The number of aromatic nitrogens is 3. The lowest BCUT2D eigenvalue weighted by molar-refractivity contribution is 0.0746. The quantitative estimate of drug-likeness (QED) is 0.503. The topological polar surface area (TPSA) is 71.3 Å². The van der Waals surface area contributed by atoms with E-state index in [-0.39, 0.29) is 11.5 Å². The minimum Gasteiger partial charge on any atom is -0.348 e. The van der Waals surface area contributed by atoms with Crippen LogP contribution in [0.2, 0.25) is 0 Å². The van der Waals surface area contributed by atoms with Gasteiger partial charge in [-0.15, -0.1) is 0 Å². The fraction of sp³-hybridized carbons (Fsp3) is 0.200. The van der Waals surface area contributed by atoms with Crippen molar-refractivity contribution < 1.29 is 4.79 Å². The molecule has 0 unspecified atom stereocenters. The third-order valence-electron chi connectivity index (χ3n) is 5.81. The van der Waals surface area contributed by atoms with E-state index in [1.165, 1.54) is 0 Å². The Labute approximate surface area is 185 Å². The van der Waals surface area contributed by atoms with Crippen LogP contribution in [0.5, 0.6) is 0 Å². The van der Waals surface area contributed by atoms with Gasteiger partial charge in [0.1, 0.15) is 0 Å². The van der Waals surface area contributed by atoms with E-state index in [0.29, 0.717) is 44.1 Å². The van der Waals surface area contributed by atoms with E-state index in [2.05, 4.69) is 4.98 Å². The maximum atomic E-state index is 13.5. The predicted molar refractivity (Wildman–Crippen MR) is 124 cm³/mol. The fourth-order valence-electron chi connectivity index (χ4n) is 4.11. The summed E-state index contributed by atoms with van der Waals surface area (Å²) in [4.78, 5) is 38.7. The van der Waals surface area contributed by atoms with E-state index in [1.807, 2.05) is 64.4 Å². The summed E-state index contributed by atoms with van der Waals surface area (Å²) in [6.45, 7) is 2.67. The summed E-state index contributed by atoms with van der Waals surface area (Å²) in [5.74, 6) is 0.427. The van der Waals surface area contributed by atoms with Gasteiger partial charge in [-0.2, -0.15) is 0 Å². The highest BCUT2D eigenvalue weighted by Gasteiger charge is 2.25. The van der Waals surface area contributed by atoms with Crippen molar-refractivity contribution in [3.8, 4) is 0 Å². The largest absolute Gasteiger partial charge is 0.348 e. The molecule has 32 heavy (non-hydrogen) atoms. The molecule has 0 N–H and O–H groups in total. The average Bonchev–Trinajstić information content (AvgIpc) is 2.86. The molecule has 0 radical (unpaired) electrons. The lowest BCUT2D eigenvalue weighted by Crippen LogP contribution is -2.50. The van der Waals surface area contributed by atoms with Gasteiger partial charge in [-0.1, -0.05) is 42.5 Å². The number of para-hydroxylation sites is 2. The Balaban J connectivity index is 1.43. The van der Waals surface area contributed by atoms with Crippen molar-refractivity contribution in [2.75, 3.05) is 31.1 Å². The van der Waals surface area contributed by atoms with Gasteiger partial charge in [0.15, 0.2) is 5.82 Å². The first kappa shape index (κ1) is 19.9. The zero-order chi connectivity index (χ0) is 21.9. The number of pyridine rings is 1. The third kappa shape index (κ3) is 3.85. The minimum atomic E-state index is -0.110. The first-order chi connectivity index (χ1) is 15.7. The van der Waals surface area contributed by atoms with Gasteiger partial charge in [0.25, 0.3) is 11.5 Å². The molecule has 5 rings (SSSR count). The van der Waals surface area contributed by atoms with E-state index in [0.717, 1.165) is 16.6 Å². The van der Waals surface area contributed by atoms with Gasteiger partial charge in [0.05, 0.1) is 17.6 Å². The summed E-state index contributed by atoms with van der Waals surface area (Å²) in [5.41, 5.74) is 3.18. The van der Waals surface area contributed by atoms with Crippen LogP contribution in [0.3, 0.4) is 0 Å². The third-order valence-corrected chi connectivity index (χ3v) is 5.81. The molecule has 1 amide bonds. The highest BCUT2D eigenvalue weighted by Crippen LogP contribution is 2.18. The molecule has 1 aliphatic rings. The molecule has 0 aliphatic carbocycles. The van der Waals surface area contributed by atoms with Crippen LogP contribution in [0, 0.1) is 0 Å². The molecule has 0 atom stereocenters. The van der Waals surface area contributed by atoms with Crippen LogP contribution >= 0.6 is 0 Å². The Kier molecular flexibility index (Phi) is 5.37. The van der Waals surface area contributed by atoms with E-state index in [9.17, 15) is 9.59 Å². The van der Waals surface area contributed by atoms with E-state index >= 15 is 0 Å². The van der Waals surface area contributed by atoms with Gasteiger partial charge in [-0.3, -0.25) is 19.1 Å². The number of benzene rings is 2. The molecule has 160 valence electrons. The van der Waals surface area contributed by atoms with Crippen LogP contribution in [0.4, 0.5) is 5.82 Å². The van der Waals surface area contributed by atoms with Gasteiger partial charge in [0.2, 0.25) is 0 Å². The lowest BCUT2D eigenvalue weighted by atomic mass is 10.2. The summed E-state index contributed by atoms with van der Waals surface area (Å²) in [5, 5.41) is 0. The normalized spacial score (nSPS) is 14.0. The van der Waals surface area contributed by atoms with Gasteiger partial charge in [-0.05, 0) is 29.8 Å². The number of carbonyl (C=O) groups is 1. The molecule has 7 heteroatoms. The van der Waals surface area contributed by atoms with Gasteiger partial charge in [-0.25, -0.2) is 4.98 Å². The molecule has 4 aromatic rings. The summed E-state index contributed by atoms with van der Waals surface area (Å²) in [6.07, 6.45) is 3.25. The molecular weight excluding hydrogens is 402 g/mol. The molecule has 2 aromatic carbocycles.